The fraction of sp³-hybridized carbons (Fsp3) is 0.562. The highest BCUT2D eigenvalue weighted by molar-refractivity contribution is 5.79. The van der Waals surface area contributed by atoms with E-state index in [1.54, 1.807) is 4.90 Å². The Kier molecular flexibility index (Phi) is 4.57. The molecule has 0 bridgehead atoms. The molecule has 0 saturated carbocycles. The van der Waals surface area contributed by atoms with Crippen molar-refractivity contribution in [2.45, 2.75) is 45.2 Å². The van der Waals surface area contributed by atoms with Crippen molar-refractivity contribution in [3.05, 3.63) is 34.7 Å². The molecule has 1 aliphatic heterocycles. The van der Waals surface area contributed by atoms with Gasteiger partial charge >= 0.3 is 6.18 Å². The van der Waals surface area contributed by atoms with Gasteiger partial charge in [-0.05, 0) is 26.7 Å². The predicted octanol–water partition coefficient (Wildman–Crippen LogP) is 2.72. The van der Waals surface area contributed by atoms with Crippen LogP contribution in [-0.4, -0.2) is 44.1 Å². The molecule has 0 unspecified atom stereocenters. The highest BCUT2D eigenvalue weighted by Crippen LogP contribution is 2.31. The van der Waals surface area contributed by atoms with Crippen LogP contribution in [0.5, 0.6) is 0 Å². The summed E-state index contributed by atoms with van der Waals surface area (Å²) >= 11 is 0. The van der Waals surface area contributed by atoms with Gasteiger partial charge in [-0.15, -0.1) is 0 Å². The van der Waals surface area contributed by atoms with Crippen LogP contribution in [0.2, 0.25) is 0 Å². The average molecular weight is 355 g/mol. The van der Waals surface area contributed by atoms with Crippen LogP contribution in [0.4, 0.5) is 13.2 Å². The van der Waals surface area contributed by atoms with Gasteiger partial charge in [0.15, 0.2) is 0 Å². The number of halogens is 3. The summed E-state index contributed by atoms with van der Waals surface area (Å²) in [6.07, 6.45) is -1.94. The molecule has 2 aromatic heterocycles. The molecular weight excluding hydrogens is 335 g/mol. The molecule has 0 aliphatic carbocycles. The second-order valence-electron chi connectivity index (χ2n) is 6.45. The van der Waals surface area contributed by atoms with E-state index < -0.39 is 11.9 Å². The monoisotopic (exact) mass is 355 g/mol. The molecule has 3 rings (SSSR count). The van der Waals surface area contributed by atoms with Crippen LogP contribution in [0.1, 0.15) is 47.2 Å². The van der Waals surface area contributed by atoms with Crippen molar-refractivity contribution in [2.24, 2.45) is 0 Å². The first-order valence-electron chi connectivity index (χ1n) is 8.16. The lowest BCUT2D eigenvalue weighted by atomic mass is 9.96. The number of alkyl halides is 3. The molecule has 3 heterocycles. The summed E-state index contributed by atoms with van der Waals surface area (Å²) in [4.78, 5) is 20.5. The number of piperidine rings is 1. The summed E-state index contributed by atoms with van der Waals surface area (Å²) in [7, 11) is 0. The molecule has 1 aliphatic rings. The number of imidazole rings is 1. The van der Waals surface area contributed by atoms with Crippen molar-refractivity contribution >= 4 is 5.91 Å². The van der Waals surface area contributed by atoms with Gasteiger partial charge in [-0.1, -0.05) is 0 Å². The van der Waals surface area contributed by atoms with Crippen LogP contribution in [0.3, 0.4) is 0 Å². The lowest BCUT2D eigenvalue weighted by Gasteiger charge is -2.32. The third-order valence-corrected chi connectivity index (χ3v) is 4.67. The van der Waals surface area contributed by atoms with Crippen LogP contribution >= 0.6 is 0 Å². The summed E-state index contributed by atoms with van der Waals surface area (Å²) < 4.78 is 38.1. The highest BCUT2D eigenvalue weighted by Gasteiger charge is 2.35. The Bertz CT molecular complexity index is 745. The van der Waals surface area contributed by atoms with Gasteiger partial charge in [-0.2, -0.15) is 18.3 Å². The second-order valence-corrected chi connectivity index (χ2v) is 6.45. The molecule has 1 fully saturated rings. The summed E-state index contributed by atoms with van der Waals surface area (Å²) in [6.45, 7) is 4.69. The van der Waals surface area contributed by atoms with Crippen molar-refractivity contribution in [2.75, 3.05) is 13.1 Å². The molecule has 25 heavy (non-hydrogen) atoms. The van der Waals surface area contributed by atoms with Crippen molar-refractivity contribution < 1.29 is 18.0 Å². The third-order valence-electron chi connectivity index (χ3n) is 4.67. The van der Waals surface area contributed by atoms with Crippen LogP contribution in [0.15, 0.2) is 6.20 Å². The van der Waals surface area contributed by atoms with Crippen LogP contribution in [0, 0.1) is 13.8 Å². The number of carbonyl (C=O) groups excluding carboxylic acids is 1. The van der Waals surface area contributed by atoms with Crippen molar-refractivity contribution in [3.8, 4) is 0 Å². The minimum absolute atomic E-state index is 0.0418. The van der Waals surface area contributed by atoms with E-state index in [1.165, 1.54) is 0 Å². The zero-order chi connectivity index (χ0) is 18.2. The zero-order valence-electron chi connectivity index (χ0n) is 14.1. The standard InChI is InChI=1S/C16H20F3N5O/c1-9-12(10(2)23-22-9)6-14(25)24-5-3-4-11(8-24)15-20-7-13(21-15)16(17,18)19/h7,11H,3-6,8H2,1-2H3,(H,20,21)(H,22,23)/t11-/m0/s1. The van der Waals surface area contributed by atoms with E-state index in [0.717, 1.165) is 29.6 Å². The third kappa shape index (κ3) is 3.69. The maximum atomic E-state index is 12.7. The van der Waals surface area contributed by atoms with Gasteiger partial charge in [0.05, 0.1) is 18.3 Å². The molecular formula is C16H20F3N5O. The van der Waals surface area contributed by atoms with Gasteiger partial charge < -0.3 is 9.88 Å². The largest absolute Gasteiger partial charge is 0.432 e. The van der Waals surface area contributed by atoms with Gasteiger partial charge in [0.25, 0.3) is 0 Å². The number of nitrogens with zero attached hydrogens (tertiary/aromatic N) is 3. The van der Waals surface area contributed by atoms with Gasteiger partial charge in [0, 0.05) is 30.3 Å². The molecule has 2 aromatic rings. The molecule has 1 saturated heterocycles. The number of carbonyl (C=O) groups is 1. The maximum absolute atomic E-state index is 12.7. The first-order chi connectivity index (χ1) is 11.8. The van der Waals surface area contributed by atoms with E-state index in [1.807, 2.05) is 13.8 Å². The van der Waals surface area contributed by atoms with Gasteiger partial charge in [-0.3, -0.25) is 9.89 Å². The summed E-state index contributed by atoms with van der Waals surface area (Å²) in [5.41, 5.74) is 1.68. The quantitative estimate of drug-likeness (QED) is 0.889. The number of aromatic amines is 2. The number of H-pyrrole nitrogens is 2. The number of rotatable bonds is 3. The Morgan fingerprint density at radius 1 is 1.40 bits per heavy atom. The molecule has 1 amide bonds. The minimum Gasteiger partial charge on any atom is -0.342 e. The Balaban J connectivity index is 1.68. The summed E-state index contributed by atoms with van der Waals surface area (Å²) in [5, 5.41) is 6.94. The normalized spacial score (nSPS) is 18.6. The van der Waals surface area contributed by atoms with E-state index in [0.29, 0.717) is 25.3 Å². The van der Waals surface area contributed by atoms with Gasteiger partial charge in [-0.25, -0.2) is 4.98 Å². The average Bonchev–Trinajstić information content (AvgIpc) is 3.17. The first kappa shape index (κ1) is 17.5. The van der Waals surface area contributed by atoms with E-state index >= 15 is 0 Å². The number of likely N-dealkylation sites (tertiary alicyclic amines) is 1. The second kappa shape index (κ2) is 6.53. The van der Waals surface area contributed by atoms with E-state index in [9.17, 15) is 18.0 Å². The Hall–Kier alpha value is -2.32. The number of hydrogen-bond acceptors (Lipinski definition) is 3. The molecule has 2 N–H and O–H groups in total. The van der Waals surface area contributed by atoms with Crippen LogP contribution in [0.25, 0.3) is 0 Å². The minimum atomic E-state index is -4.44. The number of aryl methyl sites for hydroxylation is 2. The predicted molar refractivity (Wildman–Crippen MR) is 83.9 cm³/mol. The Morgan fingerprint density at radius 3 is 2.76 bits per heavy atom. The fourth-order valence-electron chi connectivity index (χ4n) is 3.21. The van der Waals surface area contributed by atoms with Crippen molar-refractivity contribution in [3.63, 3.8) is 0 Å². The molecule has 9 heteroatoms. The highest BCUT2D eigenvalue weighted by atomic mass is 19.4. The van der Waals surface area contributed by atoms with Crippen LogP contribution < -0.4 is 0 Å². The zero-order valence-corrected chi connectivity index (χ0v) is 14.1. The lowest BCUT2D eigenvalue weighted by Crippen LogP contribution is -2.40. The molecule has 0 aromatic carbocycles. The molecule has 0 spiro atoms. The molecule has 6 nitrogen and oxygen atoms in total. The van der Waals surface area contributed by atoms with Crippen molar-refractivity contribution in [1.29, 1.82) is 0 Å². The molecule has 136 valence electrons. The molecule has 0 radical (unpaired) electrons. The lowest BCUT2D eigenvalue weighted by molar-refractivity contribution is -0.141. The topological polar surface area (TPSA) is 77.7 Å². The van der Waals surface area contributed by atoms with Gasteiger partial charge in [0.2, 0.25) is 5.91 Å². The number of nitrogens with one attached hydrogen (secondary N) is 2. The molecule has 1 atom stereocenters. The number of hydrogen-bond donors (Lipinski definition) is 2. The SMILES string of the molecule is Cc1n[nH]c(C)c1CC(=O)N1CCC[C@H](c2ncc(C(F)(F)F)[nH]2)C1. The number of amides is 1. The smallest absolute Gasteiger partial charge is 0.342 e. The van der Waals surface area contributed by atoms with Crippen LogP contribution in [-0.2, 0) is 17.4 Å². The summed E-state index contributed by atoms with van der Waals surface area (Å²) in [6, 6.07) is 0. The summed E-state index contributed by atoms with van der Waals surface area (Å²) in [5.74, 6) is 0.0424. The van der Waals surface area contributed by atoms with E-state index in [2.05, 4.69) is 20.2 Å². The fourth-order valence-corrected chi connectivity index (χ4v) is 3.21. The van der Waals surface area contributed by atoms with Crippen molar-refractivity contribution in [1.82, 2.24) is 25.1 Å². The van der Waals surface area contributed by atoms with E-state index in [-0.39, 0.29) is 18.2 Å². The Labute approximate surface area is 142 Å². The Morgan fingerprint density at radius 2 is 2.16 bits per heavy atom. The maximum Gasteiger partial charge on any atom is 0.432 e. The number of aromatic nitrogens is 4. The first-order valence-corrected chi connectivity index (χ1v) is 8.16. The van der Waals surface area contributed by atoms with E-state index in [4.69, 9.17) is 0 Å². The van der Waals surface area contributed by atoms with Gasteiger partial charge in [0.1, 0.15) is 11.5 Å².